The Balaban J connectivity index is 3.44. The van der Waals surface area contributed by atoms with E-state index in [1.54, 1.807) is 6.07 Å². The van der Waals surface area contributed by atoms with Crippen molar-refractivity contribution in [2.24, 2.45) is 5.14 Å². The van der Waals surface area contributed by atoms with Gasteiger partial charge in [0.15, 0.2) is 0 Å². The summed E-state index contributed by atoms with van der Waals surface area (Å²) in [6.45, 7) is 0. The highest BCUT2D eigenvalue weighted by molar-refractivity contribution is 14.1. The molecule has 4 nitrogen and oxygen atoms in total. The molecule has 0 amide bonds. The fraction of sp³-hybridized carbons (Fsp3) is 0.143. The summed E-state index contributed by atoms with van der Waals surface area (Å²) in [4.78, 5) is 0.128. The molecule has 2 N–H and O–H groups in total. The van der Waals surface area contributed by atoms with Crippen molar-refractivity contribution < 1.29 is 13.2 Å². The van der Waals surface area contributed by atoms with Crippen molar-refractivity contribution in [1.29, 1.82) is 0 Å². The minimum atomic E-state index is -3.65. The molecule has 0 fully saturated rings. The second kappa shape index (κ2) is 4.49. The molecule has 78 valence electrons. The third-order valence-electron chi connectivity index (χ3n) is 1.51. The minimum Gasteiger partial charge on any atom is -0.496 e. The Hall–Kier alpha value is 0.390. The summed E-state index contributed by atoms with van der Waals surface area (Å²) in [6.07, 6.45) is 0. The first-order chi connectivity index (χ1) is 6.36. The highest BCUT2D eigenvalue weighted by Crippen LogP contribution is 2.28. The Morgan fingerprint density at radius 3 is 2.29 bits per heavy atom. The molecule has 0 spiro atoms. The number of primary sulfonamides is 1. The van der Waals surface area contributed by atoms with E-state index in [1.807, 2.05) is 45.2 Å². The number of hydrogen-bond donors (Lipinski definition) is 1. The molecule has 0 aliphatic carbocycles. The van der Waals surface area contributed by atoms with Gasteiger partial charge in [-0.25, -0.2) is 13.6 Å². The normalized spacial score (nSPS) is 11.4. The summed E-state index contributed by atoms with van der Waals surface area (Å²) in [6, 6.07) is 3.14. The molecule has 0 aliphatic heterocycles. The zero-order chi connectivity index (χ0) is 10.9. The summed E-state index contributed by atoms with van der Waals surface area (Å²) < 4.78 is 28.6. The molecule has 0 radical (unpaired) electrons. The van der Waals surface area contributed by atoms with E-state index in [9.17, 15) is 8.42 Å². The molecule has 14 heavy (non-hydrogen) atoms. The molecule has 0 unspecified atom stereocenters. The van der Waals surface area contributed by atoms with E-state index >= 15 is 0 Å². The van der Waals surface area contributed by atoms with Crippen LogP contribution in [0.2, 0.25) is 0 Å². The lowest BCUT2D eigenvalue weighted by Crippen LogP contribution is -2.14. The first-order valence-electron chi connectivity index (χ1n) is 3.42. The van der Waals surface area contributed by atoms with Gasteiger partial charge in [-0.3, -0.25) is 0 Å². The van der Waals surface area contributed by atoms with Gasteiger partial charge in [-0.2, -0.15) is 0 Å². The van der Waals surface area contributed by atoms with Gasteiger partial charge >= 0.3 is 0 Å². The lowest BCUT2D eigenvalue weighted by molar-refractivity contribution is 0.411. The van der Waals surface area contributed by atoms with Gasteiger partial charge in [-0.05, 0) is 57.3 Å². The molecular weight excluding hydrogens is 432 g/mol. The highest BCUT2D eigenvalue weighted by atomic mass is 127. The summed E-state index contributed by atoms with van der Waals surface area (Å²) in [5.41, 5.74) is 0. The van der Waals surface area contributed by atoms with Crippen LogP contribution in [0.4, 0.5) is 0 Å². The van der Waals surface area contributed by atoms with E-state index in [0.29, 0.717) is 9.32 Å². The lowest BCUT2D eigenvalue weighted by Gasteiger charge is -2.07. The molecular formula is C7H7I2NO3S. The Kier molecular flexibility index (Phi) is 4.00. The van der Waals surface area contributed by atoms with Crippen LogP contribution >= 0.6 is 45.2 Å². The fourth-order valence-electron chi connectivity index (χ4n) is 0.885. The number of rotatable bonds is 2. The van der Waals surface area contributed by atoms with Crippen molar-refractivity contribution in [1.82, 2.24) is 0 Å². The van der Waals surface area contributed by atoms with Crippen molar-refractivity contribution in [3.8, 4) is 5.75 Å². The molecule has 0 bridgehead atoms. The molecule has 0 aromatic heterocycles. The lowest BCUT2D eigenvalue weighted by atomic mass is 10.3. The van der Waals surface area contributed by atoms with Crippen molar-refractivity contribution in [2.75, 3.05) is 7.11 Å². The van der Waals surface area contributed by atoms with E-state index in [1.165, 1.54) is 13.2 Å². The van der Waals surface area contributed by atoms with Crippen molar-refractivity contribution >= 4 is 55.2 Å². The number of hydrogen-bond acceptors (Lipinski definition) is 3. The Morgan fingerprint density at radius 2 is 1.86 bits per heavy atom. The quantitative estimate of drug-likeness (QED) is 0.712. The molecule has 0 atom stereocenters. The summed E-state index contributed by atoms with van der Waals surface area (Å²) in [5.74, 6) is 0.641. The number of ether oxygens (including phenoxy) is 1. The average Bonchev–Trinajstić information content (AvgIpc) is 2.06. The van der Waals surface area contributed by atoms with Crippen LogP contribution in [0.5, 0.6) is 5.75 Å². The molecule has 1 rings (SSSR count). The number of halogens is 2. The van der Waals surface area contributed by atoms with Crippen LogP contribution in [0.15, 0.2) is 17.0 Å². The van der Waals surface area contributed by atoms with Crippen LogP contribution in [0, 0.1) is 7.14 Å². The topological polar surface area (TPSA) is 69.4 Å². The molecule has 0 heterocycles. The van der Waals surface area contributed by atoms with Gasteiger partial charge in [0.25, 0.3) is 0 Å². The smallest absolute Gasteiger partial charge is 0.239 e. The standard InChI is InChI=1S/C7H7I2NO3S/c1-13-6-2-5(9)7(3-4(6)8)14(10,11)12/h2-3H,1H3,(H2,10,11,12). The second-order valence-electron chi connectivity index (χ2n) is 2.46. The van der Waals surface area contributed by atoms with Gasteiger partial charge in [-0.1, -0.05) is 0 Å². The van der Waals surface area contributed by atoms with E-state index in [2.05, 4.69) is 0 Å². The zero-order valence-electron chi connectivity index (χ0n) is 7.12. The van der Waals surface area contributed by atoms with Gasteiger partial charge in [0.2, 0.25) is 10.0 Å². The van der Waals surface area contributed by atoms with E-state index < -0.39 is 10.0 Å². The van der Waals surface area contributed by atoms with Gasteiger partial charge in [0.1, 0.15) is 5.75 Å². The van der Waals surface area contributed by atoms with Crippen LogP contribution in [-0.4, -0.2) is 15.5 Å². The summed E-state index contributed by atoms with van der Waals surface area (Å²) in [7, 11) is -2.12. The van der Waals surface area contributed by atoms with E-state index in [0.717, 1.165) is 3.57 Å². The Labute approximate surface area is 110 Å². The maximum atomic E-state index is 11.1. The third kappa shape index (κ3) is 2.70. The maximum Gasteiger partial charge on any atom is 0.239 e. The summed E-state index contributed by atoms with van der Waals surface area (Å²) in [5, 5.41) is 5.04. The van der Waals surface area contributed by atoms with Crippen molar-refractivity contribution in [3.05, 3.63) is 19.3 Å². The Bertz CT molecular complexity index is 458. The predicted molar refractivity (Wildman–Crippen MR) is 69.8 cm³/mol. The van der Waals surface area contributed by atoms with Gasteiger partial charge in [0.05, 0.1) is 15.6 Å². The molecule has 0 aliphatic rings. The number of sulfonamides is 1. The van der Waals surface area contributed by atoms with Crippen LogP contribution in [0.25, 0.3) is 0 Å². The number of benzene rings is 1. The number of nitrogens with two attached hydrogens (primary N) is 1. The first-order valence-corrected chi connectivity index (χ1v) is 7.12. The summed E-state index contributed by atoms with van der Waals surface area (Å²) >= 11 is 3.90. The highest BCUT2D eigenvalue weighted by Gasteiger charge is 2.15. The fourth-order valence-corrected chi connectivity index (χ4v) is 3.76. The molecule has 0 saturated heterocycles. The molecule has 7 heteroatoms. The van der Waals surface area contributed by atoms with Crippen LogP contribution < -0.4 is 9.88 Å². The first kappa shape index (κ1) is 12.5. The zero-order valence-corrected chi connectivity index (χ0v) is 12.3. The molecule has 1 aromatic carbocycles. The monoisotopic (exact) mass is 439 g/mol. The van der Waals surface area contributed by atoms with E-state index in [4.69, 9.17) is 9.88 Å². The largest absolute Gasteiger partial charge is 0.496 e. The Morgan fingerprint density at radius 1 is 1.29 bits per heavy atom. The maximum absolute atomic E-state index is 11.1. The van der Waals surface area contributed by atoms with Crippen LogP contribution in [0.1, 0.15) is 0 Å². The van der Waals surface area contributed by atoms with Crippen molar-refractivity contribution in [3.63, 3.8) is 0 Å². The van der Waals surface area contributed by atoms with Gasteiger partial charge in [0, 0.05) is 3.57 Å². The predicted octanol–water partition coefficient (Wildman–Crippen LogP) is 1.55. The van der Waals surface area contributed by atoms with E-state index in [-0.39, 0.29) is 4.90 Å². The minimum absolute atomic E-state index is 0.128. The molecule has 0 saturated carbocycles. The third-order valence-corrected chi connectivity index (χ3v) is 4.57. The van der Waals surface area contributed by atoms with Gasteiger partial charge < -0.3 is 4.74 Å². The number of methoxy groups -OCH3 is 1. The molecule has 1 aromatic rings. The average molecular weight is 439 g/mol. The van der Waals surface area contributed by atoms with Crippen LogP contribution in [-0.2, 0) is 10.0 Å². The van der Waals surface area contributed by atoms with Gasteiger partial charge in [-0.15, -0.1) is 0 Å². The van der Waals surface area contributed by atoms with Crippen molar-refractivity contribution in [2.45, 2.75) is 4.90 Å². The second-order valence-corrected chi connectivity index (χ2v) is 6.32. The van der Waals surface area contributed by atoms with Crippen LogP contribution in [0.3, 0.4) is 0 Å². The SMILES string of the molecule is COc1cc(I)c(S(N)(=O)=O)cc1I.